The average molecular weight is 463 g/mol. The maximum absolute atomic E-state index is 12.9. The highest BCUT2D eigenvalue weighted by Gasteiger charge is 2.58. The van der Waals surface area contributed by atoms with Crippen molar-refractivity contribution in [3.05, 3.63) is 65.2 Å². The lowest BCUT2D eigenvalue weighted by molar-refractivity contribution is -0.137. The SMILES string of the molecule is CSc1ccccc1C(=O)N1CCC2(CC1)C[C@@H]2C(=O)NCc1cccc(C(F)(F)F)c1. The van der Waals surface area contributed by atoms with Crippen LogP contribution in [0, 0.1) is 11.3 Å². The number of nitrogens with zero attached hydrogens (tertiary/aromatic N) is 1. The largest absolute Gasteiger partial charge is 0.416 e. The summed E-state index contributed by atoms with van der Waals surface area (Å²) in [6.45, 7) is 1.29. The Labute approximate surface area is 189 Å². The Hall–Kier alpha value is -2.48. The van der Waals surface area contributed by atoms with Gasteiger partial charge in [0.2, 0.25) is 5.91 Å². The Morgan fingerprint density at radius 1 is 1.12 bits per heavy atom. The van der Waals surface area contributed by atoms with Crippen LogP contribution in [0.5, 0.6) is 0 Å². The molecular weight excluding hydrogens is 437 g/mol. The maximum atomic E-state index is 12.9. The molecule has 0 aromatic heterocycles. The van der Waals surface area contributed by atoms with Crippen LogP contribution in [-0.4, -0.2) is 36.1 Å². The number of rotatable bonds is 5. The molecule has 2 fully saturated rings. The van der Waals surface area contributed by atoms with E-state index in [-0.39, 0.29) is 29.7 Å². The fraction of sp³-hybridized carbons (Fsp3) is 0.417. The van der Waals surface area contributed by atoms with Crippen LogP contribution in [0.25, 0.3) is 0 Å². The Balaban J connectivity index is 1.30. The number of hydrogen-bond donors (Lipinski definition) is 1. The molecule has 32 heavy (non-hydrogen) atoms. The van der Waals surface area contributed by atoms with Crippen molar-refractivity contribution < 1.29 is 22.8 Å². The molecule has 0 radical (unpaired) electrons. The molecule has 1 N–H and O–H groups in total. The van der Waals surface area contributed by atoms with Gasteiger partial charge in [-0.05, 0) is 60.8 Å². The quantitative estimate of drug-likeness (QED) is 0.638. The number of halogens is 3. The van der Waals surface area contributed by atoms with Gasteiger partial charge in [-0.25, -0.2) is 0 Å². The van der Waals surface area contributed by atoms with Gasteiger partial charge in [-0.3, -0.25) is 9.59 Å². The monoisotopic (exact) mass is 462 g/mol. The highest BCUT2D eigenvalue weighted by Crippen LogP contribution is 2.59. The lowest BCUT2D eigenvalue weighted by atomic mass is 9.90. The zero-order chi connectivity index (χ0) is 22.9. The molecule has 2 aromatic rings. The summed E-state index contributed by atoms with van der Waals surface area (Å²) in [6.07, 6.45) is -0.152. The third-order valence-electron chi connectivity index (χ3n) is 6.61. The van der Waals surface area contributed by atoms with Gasteiger partial charge in [0.15, 0.2) is 0 Å². The van der Waals surface area contributed by atoms with Gasteiger partial charge in [0.1, 0.15) is 0 Å². The molecule has 1 spiro atoms. The first-order valence-electron chi connectivity index (χ1n) is 10.6. The normalized spacial score (nSPS) is 19.6. The molecule has 0 unspecified atom stereocenters. The molecule has 1 saturated carbocycles. The summed E-state index contributed by atoms with van der Waals surface area (Å²) < 4.78 is 38.6. The highest BCUT2D eigenvalue weighted by atomic mass is 32.2. The van der Waals surface area contributed by atoms with Gasteiger partial charge in [-0.2, -0.15) is 13.2 Å². The molecule has 2 amide bonds. The highest BCUT2D eigenvalue weighted by molar-refractivity contribution is 7.98. The fourth-order valence-electron chi connectivity index (χ4n) is 4.59. The Morgan fingerprint density at radius 3 is 2.53 bits per heavy atom. The predicted octanol–water partition coefficient (Wildman–Crippen LogP) is 4.99. The molecule has 0 bridgehead atoms. The number of hydrogen-bond acceptors (Lipinski definition) is 3. The van der Waals surface area contributed by atoms with E-state index in [1.54, 1.807) is 17.8 Å². The number of likely N-dealkylation sites (tertiary alicyclic amines) is 1. The first-order chi connectivity index (χ1) is 15.2. The van der Waals surface area contributed by atoms with Crippen LogP contribution in [0.4, 0.5) is 13.2 Å². The van der Waals surface area contributed by atoms with Crippen molar-refractivity contribution in [3.8, 4) is 0 Å². The second-order valence-corrected chi connectivity index (χ2v) is 9.38. The van der Waals surface area contributed by atoms with Gasteiger partial charge in [0, 0.05) is 30.4 Å². The van der Waals surface area contributed by atoms with E-state index in [1.807, 2.05) is 35.4 Å². The van der Waals surface area contributed by atoms with E-state index in [1.165, 1.54) is 6.07 Å². The van der Waals surface area contributed by atoms with E-state index >= 15 is 0 Å². The summed E-state index contributed by atoms with van der Waals surface area (Å²) in [7, 11) is 0. The number of thioether (sulfide) groups is 1. The van der Waals surface area contributed by atoms with Crippen molar-refractivity contribution in [1.29, 1.82) is 0 Å². The van der Waals surface area contributed by atoms with Crippen LogP contribution >= 0.6 is 11.8 Å². The number of nitrogens with one attached hydrogen (secondary N) is 1. The Kier molecular flexibility index (Phi) is 6.25. The van der Waals surface area contributed by atoms with Crippen molar-refractivity contribution in [3.63, 3.8) is 0 Å². The minimum atomic E-state index is -4.40. The molecule has 4 rings (SSSR count). The van der Waals surface area contributed by atoms with Crippen LogP contribution in [0.1, 0.15) is 40.7 Å². The van der Waals surface area contributed by atoms with Crippen molar-refractivity contribution >= 4 is 23.6 Å². The summed E-state index contributed by atoms with van der Waals surface area (Å²) in [5, 5.41) is 2.80. The van der Waals surface area contributed by atoms with Crippen LogP contribution in [0.15, 0.2) is 53.4 Å². The zero-order valence-corrected chi connectivity index (χ0v) is 18.6. The fourth-order valence-corrected chi connectivity index (χ4v) is 5.18. The van der Waals surface area contributed by atoms with Crippen LogP contribution in [0.2, 0.25) is 0 Å². The van der Waals surface area contributed by atoms with Crippen molar-refractivity contribution in [1.82, 2.24) is 10.2 Å². The van der Waals surface area contributed by atoms with Crippen LogP contribution in [0.3, 0.4) is 0 Å². The molecule has 1 aliphatic carbocycles. The van der Waals surface area contributed by atoms with Gasteiger partial charge in [-0.15, -0.1) is 11.8 Å². The molecule has 2 aliphatic rings. The summed E-state index contributed by atoms with van der Waals surface area (Å²) >= 11 is 1.55. The first-order valence-corrected chi connectivity index (χ1v) is 11.8. The Bertz CT molecular complexity index is 1020. The molecule has 1 atom stereocenters. The molecule has 2 aromatic carbocycles. The van der Waals surface area contributed by atoms with Crippen molar-refractivity contribution in [2.24, 2.45) is 11.3 Å². The van der Waals surface area contributed by atoms with E-state index in [0.717, 1.165) is 36.3 Å². The second-order valence-electron chi connectivity index (χ2n) is 8.53. The zero-order valence-electron chi connectivity index (χ0n) is 17.7. The molecule has 1 saturated heterocycles. The third-order valence-corrected chi connectivity index (χ3v) is 7.41. The third kappa shape index (κ3) is 4.65. The van der Waals surface area contributed by atoms with Crippen molar-refractivity contribution in [2.75, 3.05) is 19.3 Å². The average Bonchev–Trinajstić information content (AvgIpc) is 3.50. The molecule has 4 nitrogen and oxygen atoms in total. The van der Waals surface area contributed by atoms with E-state index in [9.17, 15) is 22.8 Å². The molecule has 1 heterocycles. The summed E-state index contributed by atoms with van der Waals surface area (Å²) in [6, 6.07) is 12.6. The van der Waals surface area contributed by atoms with Gasteiger partial charge in [0.25, 0.3) is 5.91 Å². The predicted molar refractivity (Wildman–Crippen MR) is 117 cm³/mol. The molecule has 8 heteroatoms. The van der Waals surface area contributed by atoms with Gasteiger partial charge < -0.3 is 10.2 Å². The molecule has 1 aliphatic heterocycles. The molecular formula is C24H25F3N2O2S. The summed E-state index contributed by atoms with van der Waals surface area (Å²) in [5.74, 6) is -0.227. The minimum absolute atomic E-state index is 0.0241. The van der Waals surface area contributed by atoms with Gasteiger partial charge in [-0.1, -0.05) is 24.3 Å². The minimum Gasteiger partial charge on any atom is -0.352 e. The Morgan fingerprint density at radius 2 is 1.84 bits per heavy atom. The summed E-state index contributed by atoms with van der Waals surface area (Å²) in [4.78, 5) is 28.4. The number of benzene rings is 2. The number of alkyl halides is 3. The second kappa shape index (κ2) is 8.81. The first kappa shape index (κ1) is 22.7. The van der Waals surface area contributed by atoms with E-state index in [4.69, 9.17) is 0 Å². The van der Waals surface area contributed by atoms with E-state index < -0.39 is 11.7 Å². The number of carbonyl (C=O) groups is 2. The maximum Gasteiger partial charge on any atom is 0.416 e. The molecule has 170 valence electrons. The number of piperidine rings is 1. The van der Waals surface area contributed by atoms with Crippen LogP contribution < -0.4 is 5.32 Å². The van der Waals surface area contributed by atoms with Gasteiger partial charge >= 0.3 is 6.18 Å². The van der Waals surface area contributed by atoms with Crippen molar-refractivity contribution in [2.45, 2.75) is 36.9 Å². The van der Waals surface area contributed by atoms with Gasteiger partial charge in [0.05, 0.1) is 11.1 Å². The summed E-state index contributed by atoms with van der Waals surface area (Å²) in [5.41, 5.74) is 0.332. The van der Waals surface area contributed by atoms with E-state index in [0.29, 0.717) is 24.2 Å². The smallest absolute Gasteiger partial charge is 0.352 e. The number of amides is 2. The standard InChI is InChI=1S/C24H25F3N2O2S/c1-32-20-8-3-2-7-18(20)22(31)29-11-9-23(10-12-29)14-19(23)21(30)28-15-16-5-4-6-17(13-16)24(25,26)27/h2-8,13,19H,9-12,14-15H2,1H3,(H,28,30)/t19-/m1/s1. The van der Waals surface area contributed by atoms with E-state index in [2.05, 4.69) is 5.32 Å². The number of carbonyl (C=O) groups excluding carboxylic acids is 2. The lowest BCUT2D eigenvalue weighted by Crippen LogP contribution is -2.40. The topological polar surface area (TPSA) is 49.4 Å². The lowest BCUT2D eigenvalue weighted by Gasteiger charge is -2.33. The van der Waals surface area contributed by atoms with Crippen LogP contribution in [-0.2, 0) is 17.5 Å².